The van der Waals surface area contributed by atoms with Crippen molar-refractivity contribution in [1.29, 1.82) is 5.26 Å². The number of hydrogen-bond acceptors (Lipinski definition) is 8. The molecule has 1 aromatic rings. The third kappa shape index (κ3) is 5.06. The number of sulfone groups is 1. The normalized spacial score (nSPS) is 23.3. The highest BCUT2D eigenvalue weighted by Crippen LogP contribution is 2.38. The number of thiocarbonyl (C=S) groups is 1. The van der Waals surface area contributed by atoms with Crippen LogP contribution in [0.4, 0.5) is 5.82 Å². The molecule has 0 bridgehead atoms. The van der Waals surface area contributed by atoms with E-state index in [1.54, 1.807) is 17.6 Å². The Hall–Kier alpha value is -2.16. The minimum absolute atomic E-state index is 0.0555. The highest BCUT2D eigenvalue weighted by molar-refractivity contribution is 8.26. The van der Waals surface area contributed by atoms with Crippen LogP contribution in [-0.4, -0.2) is 58.7 Å². The van der Waals surface area contributed by atoms with Gasteiger partial charge in [-0.15, -0.1) is 0 Å². The van der Waals surface area contributed by atoms with Crippen molar-refractivity contribution in [2.45, 2.75) is 65.0 Å². The maximum atomic E-state index is 13.4. The van der Waals surface area contributed by atoms with Crippen LogP contribution in [0.15, 0.2) is 9.70 Å². The maximum Gasteiger partial charge on any atom is 0.270 e. The number of amides is 1. The second-order valence-electron chi connectivity index (χ2n) is 9.32. The number of pyridine rings is 1. The first-order valence-electron chi connectivity index (χ1n) is 12.1. The van der Waals surface area contributed by atoms with Gasteiger partial charge in [0.15, 0.2) is 9.84 Å². The number of hydrogen-bond donors (Lipinski definition) is 0. The smallest absolute Gasteiger partial charge is 0.270 e. The van der Waals surface area contributed by atoms with Gasteiger partial charge < -0.3 is 4.90 Å². The second-order valence-corrected chi connectivity index (χ2v) is 13.2. The monoisotopic (exact) mass is 534 g/mol. The molecule has 11 heteroatoms. The van der Waals surface area contributed by atoms with Gasteiger partial charge in [0, 0.05) is 25.2 Å². The molecular weight excluding hydrogens is 504 g/mol. The van der Waals surface area contributed by atoms with Crippen LogP contribution in [0.3, 0.4) is 0 Å². The molecule has 0 saturated carbocycles. The average molecular weight is 535 g/mol. The first-order chi connectivity index (χ1) is 16.7. The largest absolute Gasteiger partial charge is 0.357 e. The minimum Gasteiger partial charge on any atom is -0.357 e. The molecule has 35 heavy (non-hydrogen) atoms. The molecule has 4 heterocycles. The summed E-state index contributed by atoms with van der Waals surface area (Å²) >= 11 is 6.63. The Morgan fingerprint density at radius 1 is 1.23 bits per heavy atom. The highest BCUT2D eigenvalue weighted by atomic mass is 32.2. The number of carbonyl (C=O) groups excluding carboxylic acids is 1. The molecule has 1 atom stereocenters. The van der Waals surface area contributed by atoms with Crippen molar-refractivity contribution in [1.82, 2.24) is 9.47 Å². The lowest BCUT2D eigenvalue weighted by Crippen LogP contribution is -2.39. The van der Waals surface area contributed by atoms with Crippen LogP contribution >= 0.6 is 24.0 Å². The van der Waals surface area contributed by atoms with Crippen molar-refractivity contribution in [3.8, 4) is 6.07 Å². The van der Waals surface area contributed by atoms with Gasteiger partial charge in [-0.25, -0.2) is 8.42 Å². The topological polar surface area (TPSA) is 103 Å². The van der Waals surface area contributed by atoms with E-state index >= 15 is 0 Å². The van der Waals surface area contributed by atoms with Crippen LogP contribution in [0.2, 0.25) is 0 Å². The van der Waals surface area contributed by atoms with Crippen LogP contribution in [0.1, 0.15) is 62.1 Å². The quantitative estimate of drug-likeness (QED) is 0.405. The average Bonchev–Trinajstić information content (AvgIpc) is 3.32. The van der Waals surface area contributed by atoms with Crippen molar-refractivity contribution in [2.24, 2.45) is 0 Å². The lowest BCUT2D eigenvalue weighted by Gasteiger charge is -2.33. The third-order valence-corrected chi connectivity index (χ3v) is 9.99. The number of nitrogens with zero attached hydrogens (tertiary/aromatic N) is 4. The minimum atomic E-state index is -3.18. The molecule has 3 aliphatic heterocycles. The van der Waals surface area contributed by atoms with Crippen molar-refractivity contribution in [2.75, 3.05) is 29.5 Å². The number of anilines is 1. The van der Waals surface area contributed by atoms with Gasteiger partial charge in [-0.3, -0.25) is 19.1 Å². The molecule has 1 unspecified atom stereocenters. The molecule has 1 aromatic heterocycles. The van der Waals surface area contributed by atoms with E-state index in [0.717, 1.165) is 62.8 Å². The summed E-state index contributed by atoms with van der Waals surface area (Å²) in [7, 11) is -3.18. The molecule has 3 saturated heterocycles. The van der Waals surface area contributed by atoms with Gasteiger partial charge in [-0.1, -0.05) is 37.3 Å². The SMILES string of the molecule is CCCCn1c(N2CCCCC2)c(/C=C2\SC(=S)N(C3CCS(=O)(=O)C3)C2=O)c(C)c(C#N)c1=O. The molecule has 8 nitrogen and oxygen atoms in total. The molecule has 0 spiro atoms. The van der Waals surface area contributed by atoms with E-state index in [0.29, 0.717) is 33.3 Å². The van der Waals surface area contributed by atoms with Crippen LogP contribution in [0.5, 0.6) is 0 Å². The van der Waals surface area contributed by atoms with Gasteiger partial charge in [-0.05, 0) is 50.7 Å². The first kappa shape index (κ1) is 25.9. The van der Waals surface area contributed by atoms with E-state index in [9.17, 15) is 23.3 Å². The zero-order valence-electron chi connectivity index (χ0n) is 20.1. The Balaban J connectivity index is 1.84. The highest BCUT2D eigenvalue weighted by Gasteiger charge is 2.42. The van der Waals surface area contributed by atoms with Gasteiger partial charge in [0.25, 0.3) is 11.5 Å². The Morgan fingerprint density at radius 2 is 1.94 bits per heavy atom. The summed E-state index contributed by atoms with van der Waals surface area (Å²) in [5.41, 5.74) is 1.04. The lowest BCUT2D eigenvalue weighted by molar-refractivity contribution is -0.123. The fraction of sp³-hybridized carbons (Fsp3) is 0.583. The number of thioether (sulfide) groups is 1. The fourth-order valence-electron chi connectivity index (χ4n) is 5.02. The van der Waals surface area contributed by atoms with Crippen LogP contribution in [0.25, 0.3) is 6.08 Å². The van der Waals surface area contributed by atoms with Crippen molar-refractivity contribution >= 4 is 55.9 Å². The third-order valence-electron chi connectivity index (χ3n) is 6.91. The number of unbranched alkanes of at least 4 members (excludes halogenated alkanes) is 1. The molecule has 188 valence electrons. The molecule has 0 N–H and O–H groups in total. The number of rotatable bonds is 6. The van der Waals surface area contributed by atoms with E-state index in [2.05, 4.69) is 17.9 Å². The Labute approximate surface area is 215 Å². The number of piperidine rings is 1. The summed E-state index contributed by atoms with van der Waals surface area (Å²) in [5, 5.41) is 9.81. The Bertz CT molecular complexity index is 1290. The predicted molar refractivity (Wildman–Crippen MR) is 143 cm³/mol. The van der Waals surface area contributed by atoms with E-state index < -0.39 is 15.9 Å². The van der Waals surface area contributed by atoms with Crippen LogP contribution in [-0.2, 0) is 21.2 Å². The summed E-state index contributed by atoms with van der Waals surface area (Å²) in [4.78, 5) is 30.7. The van der Waals surface area contributed by atoms with E-state index in [1.165, 1.54) is 4.90 Å². The molecule has 0 aliphatic carbocycles. The summed E-state index contributed by atoms with van der Waals surface area (Å²) < 4.78 is 26.1. The zero-order chi connectivity index (χ0) is 25.3. The van der Waals surface area contributed by atoms with Crippen LogP contribution in [0, 0.1) is 18.3 Å². The second kappa shape index (κ2) is 10.4. The predicted octanol–water partition coefficient (Wildman–Crippen LogP) is 3.21. The number of aromatic nitrogens is 1. The zero-order valence-corrected chi connectivity index (χ0v) is 22.5. The van der Waals surface area contributed by atoms with Gasteiger partial charge >= 0.3 is 0 Å². The van der Waals surface area contributed by atoms with E-state index in [1.807, 2.05) is 0 Å². The van der Waals surface area contributed by atoms with Crippen LogP contribution < -0.4 is 10.5 Å². The molecular formula is C24H30N4O4S3. The summed E-state index contributed by atoms with van der Waals surface area (Å²) in [6, 6.07) is 1.63. The Morgan fingerprint density at radius 3 is 2.54 bits per heavy atom. The van der Waals surface area contributed by atoms with Crippen molar-refractivity contribution in [3.63, 3.8) is 0 Å². The molecule has 3 fully saturated rings. The molecule has 3 aliphatic rings. The summed E-state index contributed by atoms with van der Waals surface area (Å²) in [5.74, 6) is 0.426. The van der Waals surface area contributed by atoms with Gasteiger partial charge in [-0.2, -0.15) is 5.26 Å². The van der Waals surface area contributed by atoms with E-state index in [4.69, 9.17) is 12.2 Å². The molecule has 0 aromatic carbocycles. The molecule has 1 amide bonds. The number of carbonyl (C=O) groups is 1. The number of nitriles is 1. The van der Waals surface area contributed by atoms with Gasteiger partial charge in [0.1, 0.15) is 21.8 Å². The van der Waals surface area contributed by atoms with Gasteiger partial charge in [0.2, 0.25) is 0 Å². The van der Waals surface area contributed by atoms with Crippen molar-refractivity contribution in [3.05, 3.63) is 31.9 Å². The fourth-order valence-corrected chi connectivity index (χ4v) is 8.10. The molecule has 4 rings (SSSR count). The summed E-state index contributed by atoms with van der Waals surface area (Å²) in [6.07, 6.45) is 6.98. The molecule has 0 radical (unpaired) electrons. The van der Waals surface area contributed by atoms with Gasteiger partial charge in [0.05, 0.1) is 22.5 Å². The first-order valence-corrected chi connectivity index (χ1v) is 15.1. The van der Waals surface area contributed by atoms with Crippen molar-refractivity contribution < 1.29 is 13.2 Å². The summed E-state index contributed by atoms with van der Waals surface area (Å²) in [6.45, 7) is 5.92. The standard InChI is InChI=1S/C24H30N4O4S3/c1-3-4-11-27-21(26-9-6-5-7-10-26)18(16(2)19(14-25)22(27)29)13-20-23(30)28(24(33)34-20)17-8-12-35(31,32)15-17/h13,17H,3-12,15H2,1-2H3/b20-13-. The Kier molecular flexibility index (Phi) is 7.74. The van der Waals surface area contributed by atoms with E-state index in [-0.39, 0.29) is 28.5 Å². The lowest BCUT2D eigenvalue weighted by atomic mass is 10.0. The maximum absolute atomic E-state index is 13.4.